The van der Waals surface area contributed by atoms with Crippen molar-refractivity contribution in [1.82, 2.24) is 19.5 Å². The van der Waals surface area contributed by atoms with Crippen LogP contribution in [0.3, 0.4) is 0 Å². The van der Waals surface area contributed by atoms with Crippen LogP contribution in [-0.2, 0) is 10.2 Å². The van der Waals surface area contributed by atoms with E-state index in [9.17, 15) is 4.79 Å². The summed E-state index contributed by atoms with van der Waals surface area (Å²) in [7, 11) is 0. The van der Waals surface area contributed by atoms with Crippen molar-refractivity contribution in [1.29, 1.82) is 0 Å². The second-order valence-corrected chi connectivity index (χ2v) is 9.36. The largest absolute Gasteiger partial charge is 0.355 e. The number of hydrogen-bond donors (Lipinski definition) is 1. The van der Waals surface area contributed by atoms with Crippen LogP contribution in [0.15, 0.2) is 6.20 Å². The minimum atomic E-state index is 0.0353. The SMILES string of the molecule is CC(C)(C)c1cn2nc(NC3CCN(C(=O)C4CCCC4)C3)sc2n1. The minimum absolute atomic E-state index is 0.0353. The van der Waals surface area contributed by atoms with Gasteiger partial charge in [0.15, 0.2) is 0 Å². The van der Waals surface area contributed by atoms with Gasteiger partial charge in [-0.25, -0.2) is 9.50 Å². The van der Waals surface area contributed by atoms with E-state index >= 15 is 0 Å². The molecule has 1 aliphatic heterocycles. The van der Waals surface area contributed by atoms with Crippen LogP contribution in [0.1, 0.15) is 58.6 Å². The molecule has 2 aliphatic rings. The summed E-state index contributed by atoms with van der Waals surface area (Å²) in [4.78, 5) is 20.2. The number of anilines is 1. The van der Waals surface area contributed by atoms with Crippen LogP contribution < -0.4 is 5.32 Å². The van der Waals surface area contributed by atoms with Crippen LogP contribution in [0.2, 0.25) is 0 Å². The first-order chi connectivity index (χ1) is 11.9. The minimum Gasteiger partial charge on any atom is -0.355 e. The number of nitrogens with zero attached hydrogens (tertiary/aromatic N) is 4. The van der Waals surface area contributed by atoms with Gasteiger partial charge >= 0.3 is 0 Å². The van der Waals surface area contributed by atoms with Gasteiger partial charge in [0.25, 0.3) is 0 Å². The summed E-state index contributed by atoms with van der Waals surface area (Å²) in [6.45, 7) is 8.14. The van der Waals surface area contributed by atoms with E-state index < -0.39 is 0 Å². The van der Waals surface area contributed by atoms with Crippen molar-refractivity contribution in [3.8, 4) is 0 Å². The third-order valence-corrected chi connectivity index (χ3v) is 6.20. The first-order valence-corrected chi connectivity index (χ1v) is 10.1. The molecule has 1 N–H and O–H groups in total. The molecule has 0 bridgehead atoms. The third-order valence-electron chi connectivity index (χ3n) is 5.34. The Balaban J connectivity index is 1.38. The Bertz CT molecular complexity index is 737. The number of carbonyl (C=O) groups excluding carboxylic acids is 1. The maximum absolute atomic E-state index is 12.5. The predicted molar refractivity (Wildman–Crippen MR) is 100 cm³/mol. The van der Waals surface area contributed by atoms with E-state index in [1.807, 2.05) is 15.6 Å². The number of aromatic nitrogens is 3. The molecule has 3 heterocycles. The summed E-state index contributed by atoms with van der Waals surface area (Å²) in [5.74, 6) is 0.642. The molecule has 2 aromatic heterocycles. The third kappa shape index (κ3) is 3.38. The molecule has 6 nitrogen and oxygen atoms in total. The van der Waals surface area contributed by atoms with Crippen molar-refractivity contribution in [2.45, 2.75) is 64.3 Å². The quantitative estimate of drug-likeness (QED) is 0.911. The van der Waals surface area contributed by atoms with Gasteiger partial charge < -0.3 is 10.2 Å². The van der Waals surface area contributed by atoms with Crippen molar-refractivity contribution >= 4 is 27.3 Å². The summed E-state index contributed by atoms with van der Waals surface area (Å²) < 4.78 is 1.87. The van der Waals surface area contributed by atoms with Crippen molar-refractivity contribution < 1.29 is 4.79 Å². The molecule has 0 radical (unpaired) electrons. The molecule has 25 heavy (non-hydrogen) atoms. The fourth-order valence-electron chi connectivity index (χ4n) is 3.80. The van der Waals surface area contributed by atoms with E-state index in [0.29, 0.717) is 11.9 Å². The second-order valence-electron chi connectivity index (χ2n) is 8.41. The van der Waals surface area contributed by atoms with Crippen LogP contribution >= 0.6 is 11.3 Å². The Morgan fingerprint density at radius 2 is 2.04 bits per heavy atom. The van der Waals surface area contributed by atoms with Crippen LogP contribution in [0.5, 0.6) is 0 Å². The average Bonchev–Trinajstić information content (AvgIpc) is 3.29. The monoisotopic (exact) mass is 361 g/mol. The van der Waals surface area contributed by atoms with Crippen LogP contribution in [0.25, 0.3) is 4.96 Å². The highest BCUT2D eigenvalue weighted by Crippen LogP contribution is 2.29. The molecule has 4 rings (SSSR count). The molecule has 1 atom stereocenters. The standard InChI is InChI=1S/C18H27N5OS/c1-18(2,3)14-11-23-17(20-14)25-16(21-23)19-13-8-9-22(10-13)15(24)12-6-4-5-7-12/h11-13H,4-10H2,1-3H3,(H,19,21). The number of likely N-dealkylation sites (tertiary alicyclic amines) is 1. The molecule has 1 amide bonds. The smallest absolute Gasteiger partial charge is 0.225 e. The first kappa shape index (κ1) is 16.8. The Morgan fingerprint density at radius 1 is 1.28 bits per heavy atom. The Labute approximate surface area is 152 Å². The van der Waals surface area contributed by atoms with Crippen LogP contribution in [0.4, 0.5) is 5.13 Å². The molecule has 0 spiro atoms. The fourth-order valence-corrected chi connectivity index (χ4v) is 4.66. The predicted octanol–water partition coefficient (Wildman–Crippen LogP) is 3.29. The summed E-state index contributed by atoms with van der Waals surface area (Å²) in [5.41, 5.74) is 1.10. The van der Waals surface area contributed by atoms with Crippen molar-refractivity contribution in [2.75, 3.05) is 18.4 Å². The molecule has 1 saturated carbocycles. The molecule has 2 fully saturated rings. The highest BCUT2D eigenvalue weighted by Gasteiger charge is 2.32. The maximum Gasteiger partial charge on any atom is 0.225 e. The second kappa shape index (κ2) is 6.27. The molecular formula is C18H27N5OS. The highest BCUT2D eigenvalue weighted by molar-refractivity contribution is 7.20. The zero-order chi connectivity index (χ0) is 17.6. The fraction of sp³-hybridized carbons (Fsp3) is 0.722. The highest BCUT2D eigenvalue weighted by atomic mass is 32.1. The number of hydrogen-bond acceptors (Lipinski definition) is 5. The molecule has 136 valence electrons. The van der Waals surface area contributed by atoms with Gasteiger partial charge in [-0.2, -0.15) is 0 Å². The van der Waals surface area contributed by atoms with E-state index in [2.05, 4.69) is 36.2 Å². The van der Waals surface area contributed by atoms with Crippen molar-refractivity contribution in [3.63, 3.8) is 0 Å². The summed E-state index contributed by atoms with van der Waals surface area (Å²) >= 11 is 1.58. The van der Waals surface area contributed by atoms with Gasteiger partial charge in [0.1, 0.15) is 0 Å². The van der Waals surface area contributed by atoms with Crippen LogP contribution in [-0.4, -0.2) is 44.5 Å². The Hall–Kier alpha value is -1.63. The van der Waals surface area contributed by atoms with E-state index in [0.717, 1.165) is 48.1 Å². The first-order valence-electron chi connectivity index (χ1n) is 9.32. The van der Waals surface area contributed by atoms with Gasteiger partial charge in [-0.3, -0.25) is 4.79 Å². The number of fused-ring (bicyclic) bond motifs is 1. The lowest BCUT2D eigenvalue weighted by molar-refractivity contribution is -0.134. The van der Waals surface area contributed by atoms with Gasteiger partial charge in [-0.05, 0) is 19.3 Å². The molecule has 1 saturated heterocycles. The molecular weight excluding hydrogens is 334 g/mol. The molecule has 1 aliphatic carbocycles. The summed E-state index contributed by atoms with van der Waals surface area (Å²) in [6, 6.07) is 0.295. The van der Waals surface area contributed by atoms with Gasteiger partial charge in [-0.15, -0.1) is 5.10 Å². The number of carbonyl (C=O) groups is 1. The Morgan fingerprint density at radius 3 is 2.72 bits per heavy atom. The lowest BCUT2D eigenvalue weighted by Crippen LogP contribution is -2.35. The van der Waals surface area contributed by atoms with Crippen molar-refractivity contribution in [3.05, 3.63) is 11.9 Å². The lowest BCUT2D eigenvalue weighted by atomic mass is 9.93. The van der Waals surface area contributed by atoms with Gasteiger partial charge in [0.2, 0.25) is 16.0 Å². The molecule has 1 unspecified atom stereocenters. The van der Waals surface area contributed by atoms with Crippen molar-refractivity contribution in [2.24, 2.45) is 5.92 Å². The van der Waals surface area contributed by atoms with Crippen LogP contribution in [0, 0.1) is 5.92 Å². The number of amides is 1. The van der Waals surface area contributed by atoms with Gasteiger partial charge in [-0.1, -0.05) is 44.9 Å². The zero-order valence-corrected chi connectivity index (χ0v) is 16.1. The number of rotatable bonds is 3. The normalized spacial score (nSPS) is 22.2. The number of nitrogens with one attached hydrogen (secondary N) is 1. The molecule has 7 heteroatoms. The maximum atomic E-state index is 12.5. The molecule has 2 aromatic rings. The van der Waals surface area contributed by atoms with Gasteiger partial charge in [0.05, 0.1) is 11.9 Å². The van der Waals surface area contributed by atoms with E-state index in [4.69, 9.17) is 0 Å². The van der Waals surface area contributed by atoms with E-state index in [1.165, 1.54) is 12.8 Å². The average molecular weight is 362 g/mol. The van der Waals surface area contributed by atoms with Gasteiger partial charge in [0, 0.05) is 30.5 Å². The molecule has 0 aromatic carbocycles. The van der Waals surface area contributed by atoms with E-state index in [-0.39, 0.29) is 11.3 Å². The zero-order valence-electron chi connectivity index (χ0n) is 15.3. The Kier molecular flexibility index (Phi) is 4.22. The lowest BCUT2D eigenvalue weighted by Gasteiger charge is -2.20. The van der Waals surface area contributed by atoms with E-state index in [1.54, 1.807) is 11.3 Å². The summed E-state index contributed by atoms with van der Waals surface area (Å²) in [6.07, 6.45) is 7.58. The topological polar surface area (TPSA) is 62.5 Å². The number of imidazole rings is 1. The summed E-state index contributed by atoms with van der Waals surface area (Å²) in [5, 5.41) is 9.01.